The van der Waals surface area contributed by atoms with Gasteiger partial charge in [-0.05, 0) is 44.0 Å². The number of piperidine rings is 1. The van der Waals surface area contributed by atoms with E-state index in [0.29, 0.717) is 23.5 Å². The van der Waals surface area contributed by atoms with E-state index in [2.05, 4.69) is 10.3 Å². The van der Waals surface area contributed by atoms with Gasteiger partial charge >= 0.3 is 5.69 Å². The lowest BCUT2D eigenvalue weighted by atomic mass is 10.00. The van der Waals surface area contributed by atoms with E-state index in [4.69, 9.17) is 0 Å². The molecule has 1 unspecified atom stereocenters. The molecule has 2 aromatic rings. The van der Waals surface area contributed by atoms with Gasteiger partial charge in [-0.15, -0.1) is 0 Å². The topological polar surface area (TPSA) is 49.8 Å². The number of hydrogen-bond donors (Lipinski definition) is 2. The molecular formula is C13H16FN3O. The van der Waals surface area contributed by atoms with Gasteiger partial charge in [-0.2, -0.15) is 0 Å². The Labute approximate surface area is 104 Å². The Morgan fingerprint density at radius 1 is 1.44 bits per heavy atom. The van der Waals surface area contributed by atoms with Gasteiger partial charge in [0.2, 0.25) is 0 Å². The molecule has 0 saturated carbocycles. The number of halogens is 1. The van der Waals surface area contributed by atoms with Crippen molar-refractivity contribution in [2.45, 2.75) is 19.4 Å². The molecule has 0 spiro atoms. The fraction of sp³-hybridized carbons (Fsp3) is 0.462. The third kappa shape index (κ3) is 1.95. The second-order valence-electron chi connectivity index (χ2n) is 4.89. The van der Waals surface area contributed by atoms with Crippen molar-refractivity contribution >= 4 is 11.0 Å². The number of H-pyrrole nitrogens is 1. The number of nitrogens with zero attached hydrogens (tertiary/aromatic N) is 1. The van der Waals surface area contributed by atoms with E-state index >= 15 is 0 Å². The summed E-state index contributed by atoms with van der Waals surface area (Å²) in [6.07, 6.45) is 2.20. The van der Waals surface area contributed by atoms with Crippen molar-refractivity contribution in [1.82, 2.24) is 14.9 Å². The van der Waals surface area contributed by atoms with Crippen LogP contribution >= 0.6 is 0 Å². The van der Waals surface area contributed by atoms with Gasteiger partial charge in [0.15, 0.2) is 0 Å². The smallest absolute Gasteiger partial charge is 0.316 e. The zero-order chi connectivity index (χ0) is 12.5. The number of rotatable bonds is 2. The molecule has 96 valence electrons. The molecular weight excluding hydrogens is 233 g/mol. The maximum atomic E-state index is 13.8. The first-order chi connectivity index (χ1) is 8.75. The van der Waals surface area contributed by atoms with Crippen LogP contribution in [0.3, 0.4) is 0 Å². The molecule has 1 fully saturated rings. The molecule has 0 bridgehead atoms. The minimum Gasteiger partial charge on any atom is -0.316 e. The summed E-state index contributed by atoms with van der Waals surface area (Å²) in [5, 5.41) is 3.31. The van der Waals surface area contributed by atoms with Crippen LogP contribution in [0.25, 0.3) is 11.0 Å². The summed E-state index contributed by atoms with van der Waals surface area (Å²) in [6, 6.07) is 4.74. The van der Waals surface area contributed by atoms with Gasteiger partial charge in [0.1, 0.15) is 11.3 Å². The molecule has 5 heteroatoms. The number of aromatic nitrogens is 2. The van der Waals surface area contributed by atoms with Crippen LogP contribution in [0, 0.1) is 11.7 Å². The van der Waals surface area contributed by atoms with Crippen molar-refractivity contribution < 1.29 is 4.39 Å². The Kier molecular flexibility index (Phi) is 2.91. The van der Waals surface area contributed by atoms with E-state index in [0.717, 1.165) is 25.9 Å². The lowest BCUT2D eigenvalue weighted by Gasteiger charge is -2.22. The first-order valence-corrected chi connectivity index (χ1v) is 6.33. The van der Waals surface area contributed by atoms with Crippen LogP contribution in [0.2, 0.25) is 0 Å². The summed E-state index contributed by atoms with van der Waals surface area (Å²) >= 11 is 0. The maximum Gasteiger partial charge on any atom is 0.326 e. The SMILES string of the molecule is O=c1[nH]c2cccc(F)c2n1CC1CCCNC1. The summed E-state index contributed by atoms with van der Waals surface area (Å²) in [4.78, 5) is 14.6. The van der Waals surface area contributed by atoms with Crippen molar-refractivity contribution in [3.63, 3.8) is 0 Å². The van der Waals surface area contributed by atoms with Gasteiger partial charge in [0.05, 0.1) is 5.52 Å². The standard InChI is InChI=1S/C13H16FN3O/c14-10-4-1-5-11-12(10)17(13(18)16-11)8-9-3-2-6-15-7-9/h1,4-5,9,15H,2-3,6-8H2,(H,16,18). The van der Waals surface area contributed by atoms with E-state index in [1.807, 2.05) is 0 Å². The third-order valence-electron chi connectivity index (χ3n) is 3.58. The Balaban J connectivity index is 2.00. The zero-order valence-electron chi connectivity index (χ0n) is 10.1. The second-order valence-corrected chi connectivity index (χ2v) is 4.89. The monoisotopic (exact) mass is 249 g/mol. The van der Waals surface area contributed by atoms with Gasteiger partial charge in [-0.1, -0.05) is 6.07 Å². The summed E-state index contributed by atoms with van der Waals surface area (Å²) in [6.45, 7) is 2.51. The Morgan fingerprint density at radius 2 is 2.33 bits per heavy atom. The summed E-state index contributed by atoms with van der Waals surface area (Å²) in [5.74, 6) is 0.0599. The molecule has 0 aliphatic carbocycles. The number of aromatic amines is 1. The highest BCUT2D eigenvalue weighted by atomic mass is 19.1. The van der Waals surface area contributed by atoms with Crippen LogP contribution in [-0.2, 0) is 6.54 Å². The Bertz CT molecular complexity index is 610. The lowest BCUT2D eigenvalue weighted by molar-refractivity contribution is 0.336. The molecule has 0 radical (unpaired) electrons. The van der Waals surface area contributed by atoms with Crippen molar-refractivity contribution in [3.8, 4) is 0 Å². The molecule has 1 atom stereocenters. The predicted octanol–water partition coefficient (Wildman–Crippen LogP) is 1.47. The molecule has 1 aromatic carbocycles. The van der Waals surface area contributed by atoms with E-state index in [9.17, 15) is 9.18 Å². The van der Waals surface area contributed by atoms with E-state index in [1.54, 1.807) is 12.1 Å². The van der Waals surface area contributed by atoms with Crippen molar-refractivity contribution in [2.24, 2.45) is 5.92 Å². The predicted molar refractivity (Wildman–Crippen MR) is 68.1 cm³/mol. The normalized spacial score (nSPS) is 20.4. The minimum atomic E-state index is -0.338. The number of benzene rings is 1. The molecule has 4 nitrogen and oxygen atoms in total. The first-order valence-electron chi connectivity index (χ1n) is 6.33. The van der Waals surface area contributed by atoms with Gasteiger partial charge in [-0.3, -0.25) is 4.57 Å². The van der Waals surface area contributed by atoms with Gasteiger partial charge in [0, 0.05) is 6.54 Å². The quantitative estimate of drug-likeness (QED) is 0.846. The number of nitrogens with one attached hydrogen (secondary N) is 2. The van der Waals surface area contributed by atoms with Crippen molar-refractivity contribution in [2.75, 3.05) is 13.1 Å². The number of fused-ring (bicyclic) bond motifs is 1. The molecule has 18 heavy (non-hydrogen) atoms. The zero-order valence-corrected chi connectivity index (χ0v) is 10.1. The molecule has 1 aliphatic heterocycles. The molecule has 3 rings (SSSR count). The van der Waals surface area contributed by atoms with Crippen LogP contribution in [-0.4, -0.2) is 22.6 Å². The van der Waals surface area contributed by atoms with E-state index in [-0.39, 0.29) is 11.5 Å². The summed E-state index contributed by atoms with van der Waals surface area (Å²) in [7, 11) is 0. The van der Waals surface area contributed by atoms with Crippen LogP contribution < -0.4 is 11.0 Å². The Hall–Kier alpha value is -1.62. The number of imidazole rings is 1. The summed E-state index contributed by atoms with van der Waals surface area (Å²) < 4.78 is 15.3. The highest BCUT2D eigenvalue weighted by Crippen LogP contribution is 2.18. The fourth-order valence-electron chi connectivity index (χ4n) is 2.69. The highest BCUT2D eigenvalue weighted by molar-refractivity contribution is 5.75. The van der Waals surface area contributed by atoms with Gasteiger partial charge in [0.25, 0.3) is 0 Å². The van der Waals surface area contributed by atoms with Crippen LogP contribution in [0.5, 0.6) is 0 Å². The van der Waals surface area contributed by atoms with E-state index in [1.165, 1.54) is 10.6 Å². The van der Waals surface area contributed by atoms with Crippen LogP contribution in [0.4, 0.5) is 4.39 Å². The largest absolute Gasteiger partial charge is 0.326 e. The van der Waals surface area contributed by atoms with Crippen molar-refractivity contribution in [1.29, 1.82) is 0 Å². The average molecular weight is 249 g/mol. The van der Waals surface area contributed by atoms with Crippen molar-refractivity contribution in [3.05, 3.63) is 34.5 Å². The summed E-state index contributed by atoms with van der Waals surface area (Å²) in [5.41, 5.74) is 0.748. The minimum absolute atomic E-state index is 0.222. The highest BCUT2D eigenvalue weighted by Gasteiger charge is 2.17. The van der Waals surface area contributed by atoms with Gasteiger partial charge in [-0.25, -0.2) is 9.18 Å². The second kappa shape index (κ2) is 4.57. The van der Waals surface area contributed by atoms with Gasteiger partial charge < -0.3 is 10.3 Å². The molecule has 2 N–H and O–H groups in total. The molecule has 1 aliphatic rings. The van der Waals surface area contributed by atoms with Crippen LogP contribution in [0.15, 0.2) is 23.0 Å². The number of para-hydroxylation sites is 1. The first kappa shape index (κ1) is 11.5. The third-order valence-corrected chi connectivity index (χ3v) is 3.58. The lowest BCUT2D eigenvalue weighted by Crippen LogP contribution is -2.34. The fourth-order valence-corrected chi connectivity index (χ4v) is 2.69. The average Bonchev–Trinajstić information content (AvgIpc) is 2.69. The Morgan fingerprint density at radius 3 is 3.11 bits per heavy atom. The van der Waals surface area contributed by atoms with Crippen LogP contribution in [0.1, 0.15) is 12.8 Å². The molecule has 0 amide bonds. The number of hydrogen-bond acceptors (Lipinski definition) is 2. The molecule has 1 saturated heterocycles. The molecule has 1 aromatic heterocycles. The van der Waals surface area contributed by atoms with E-state index < -0.39 is 0 Å². The maximum absolute atomic E-state index is 13.8. The molecule has 2 heterocycles.